The summed E-state index contributed by atoms with van der Waals surface area (Å²) in [5.74, 6) is 1.30. The second-order valence-corrected chi connectivity index (χ2v) is 6.44. The minimum atomic E-state index is -0.230. The number of anilines is 1. The van der Waals surface area contributed by atoms with E-state index < -0.39 is 0 Å². The molecule has 1 aromatic heterocycles. The summed E-state index contributed by atoms with van der Waals surface area (Å²) in [5, 5.41) is 10.0. The fraction of sp³-hybridized carbons (Fsp3) is 0.500. The molecule has 2 aromatic rings. The Morgan fingerprint density at radius 2 is 2.04 bits per heavy atom. The Bertz CT molecular complexity index is 729. The van der Waals surface area contributed by atoms with Crippen molar-refractivity contribution in [3.05, 3.63) is 30.1 Å². The molecule has 134 valence electrons. The lowest BCUT2D eigenvalue weighted by Gasteiger charge is -2.26. The van der Waals surface area contributed by atoms with Crippen LogP contribution >= 0.6 is 0 Å². The summed E-state index contributed by atoms with van der Waals surface area (Å²) >= 11 is 0. The van der Waals surface area contributed by atoms with Crippen LogP contribution in [0, 0.1) is 0 Å². The van der Waals surface area contributed by atoms with Crippen molar-refractivity contribution in [2.75, 3.05) is 31.5 Å². The van der Waals surface area contributed by atoms with Crippen LogP contribution in [0.25, 0.3) is 10.9 Å². The van der Waals surface area contributed by atoms with Crippen LogP contribution in [-0.2, 0) is 6.54 Å². The second kappa shape index (κ2) is 8.22. The highest BCUT2D eigenvalue weighted by Crippen LogP contribution is 2.20. The molecule has 3 rings (SSSR count). The number of carbonyl (C=O) groups is 1. The molecule has 7 nitrogen and oxygen atoms in total. The quantitative estimate of drug-likeness (QED) is 0.774. The average Bonchev–Trinajstić information content (AvgIpc) is 2.62. The van der Waals surface area contributed by atoms with Crippen LogP contribution in [0.1, 0.15) is 26.1 Å². The van der Waals surface area contributed by atoms with Crippen LogP contribution in [0.2, 0.25) is 0 Å². The number of hydrogen-bond donors (Lipinski definition) is 3. The zero-order chi connectivity index (χ0) is 17.6. The third kappa shape index (κ3) is 4.64. The van der Waals surface area contributed by atoms with E-state index in [9.17, 15) is 4.79 Å². The molecular formula is C18H26N6O. The topological polar surface area (TPSA) is 82.2 Å². The molecule has 1 saturated heterocycles. The molecule has 1 aliphatic rings. The van der Waals surface area contributed by atoms with Gasteiger partial charge in [0.25, 0.3) is 0 Å². The number of amides is 2. The summed E-state index contributed by atoms with van der Waals surface area (Å²) in [4.78, 5) is 23.8. The standard InChI is InChI=1S/C18H26N6O/c1-3-13(2)20-18(25)23-17-14-6-4-5-7-15(14)21-16(22-17)12-24-10-8-19-9-11-24/h4-7,13,19H,3,8-12H2,1-2H3,(H2,20,21,22,23,25). The maximum absolute atomic E-state index is 12.2. The number of piperazine rings is 1. The van der Waals surface area contributed by atoms with Gasteiger partial charge in [0.05, 0.1) is 12.1 Å². The molecule has 2 heterocycles. The summed E-state index contributed by atoms with van der Waals surface area (Å²) in [7, 11) is 0. The summed E-state index contributed by atoms with van der Waals surface area (Å²) in [6.45, 7) is 8.63. The van der Waals surface area contributed by atoms with Gasteiger partial charge >= 0.3 is 6.03 Å². The lowest BCUT2D eigenvalue weighted by atomic mass is 10.2. The summed E-state index contributed by atoms with van der Waals surface area (Å²) in [6.07, 6.45) is 0.881. The van der Waals surface area contributed by atoms with E-state index >= 15 is 0 Å². The van der Waals surface area contributed by atoms with Crippen LogP contribution in [0.3, 0.4) is 0 Å². The molecule has 1 unspecified atom stereocenters. The molecule has 3 N–H and O–H groups in total. The third-order valence-electron chi connectivity index (χ3n) is 4.45. The third-order valence-corrected chi connectivity index (χ3v) is 4.45. The Morgan fingerprint density at radius 1 is 1.28 bits per heavy atom. The van der Waals surface area contributed by atoms with Gasteiger partial charge in [-0.1, -0.05) is 19.1 Å². The smallest absolute Gasteiger partial charge is 0.320 e. The molecule has 0 bridgehead atoms. The van der Waals surface area contributed by atoms with Crippen molar-refractivity contribution in [2.45, 2.75) is 32.9 Å². The molecule has 0 spiro atoms. The lowest BCUT2D eigenvalue weighted by Crippen LogP contribution is -2.43. The van der Waals surface area contributed by atoms with E-state index in [-0.39, 0.29) is 12.1 Å². The maximum atomic E-state index is 12.2. The Morgan fingerprint density at radius 3 is 2.80 bits per heavy atom. The van der Waals surface area contributed by atoms with Gasteiger partial charge in [-0.05, 0) is 25.5 Å². The van der Waals surface area contributed by atoms with Gasteiger partial charge in [0.15, 0.2) is 0 Å². The molecule has 1 fully saturated rings. The number of carbonyl (C=O) groups excluding carboxylic acids is 1. The first-order valence-corrected chi connectivity index (χ1v) is 8.92. The van der Waals surface area contributed by atoms with Crippen molar-refractivity contribution in [3.8, 4) is 0 Å². The van der Waals surface area contributed by atoms with E-state index in [4.69, 9.17) is 0 Å². The molecule has 1 aromatic carbocycles. The second-order valence-electron chi connectivity index (χ2n) is 6.44. The Labute approximate surface area is 148 Å². The first-order chi connectivity index (χ1) is 12.2. The maximum Gasteiger partial charge on any atom is 0.320 e. The SMILES string of the molecule is CCC(C)NC(=O)Nc1nc(CN2CCNCC2)nc2ccccc12. The Hall–Kier alpha value is -2.25. The molecular weight excluding hydrogens is 316 g/mol. The van der Waals surface area contributed by atoms with E-state index in [1.165, 1.54) is 0 Å². The van der Waals surface area contributed by atoms with E-state index in [1.807, 2.05) is 38.1 Å². The fourth-order valence-electron chi connectivity index (χ4n) is 2.83. The van der Waals surface area contributed by atoms with Crippen LogP contribution in [0.15, 0.2) is 24.3 Å². The molecule has 25 heavy (non-hydrogen) atoms. The molecule has 2 amide bonds. The highest BCUT2D eigenvalue weighted by atomic mass is 16.2. The van der Waals surface area contributed by atoms with Gasteiger partial charge in [0.2, 0.25) is 0 Å². The molecule has 1 aliphatic heterocycles. The van der Waals surface area contributed by atoms with Gasteiger partial charge in [-0.2, -0.15) is 0 Å². The number of para-hydroxylation sites is 1. The molecule has 7 heteroatoms. The molecule has 0 radical (unpaired) electrons. The summed E-state index contributed by atoms with van der Waals surface area (Å²) in [5.41, 5.74) is 0.849. The predicted molar refractivity (Wildman–Crippen MR) is 99.6 cm³/mol. The number of aromatic nitrogens is 2. The summed E-state index contributed by atoms with van der Waals surface area (Å²) < 4.78 is 0. The van der Waals surface area contributed by atoms with E-state index in [0.29, 0.717) is 12.4 Å². The van der Waals surface area contributed by atoms with Crippen LogP contribution in [0.4, 0.5) is 10.6 Å². The van der Waals surface area contributed by atoms with Crippen molar-refractivity contribution in [1.82, 2.24) is 25.5 Å². The minimum absolute atomic E-state index is 0.119. The van der Waals surface area contributed by atoms with Gasteiger partial charge in [0, 0.05) is 37.6 Å². The van der Waals surface area contributed by atoms with Crippen LogP contribution in [0.5, 0.6) is 0 Å². The lowest BCUT2D eigenvalue weighted by molar-refractivity contribution is 0.228. The van der Waals surface area contributed by atoms with Crippen molar-refractivity contribution < 1.29 is 4.79 Å². The Kier molecular flexibility index (Phi) is 5.78. The van der Waals surface area contributed by atoms with E-state index in [0.717, 1.165) is 49.3 Å². The fourth-order valence-corrected chi connectivity index (χ4v) is 2.83. The van der Waals surface area contributed by atoms with Gasteiger partial charge < -0.3 is 10.6 Å². The zero-order valence-electron chi connectivity index (χ0n) is 14.9. The average molecular weight is 342 g/mol. The van der Waals surface area contributed by atoms with Crippen LogP contribution in [-0.4, -0.2) is 53.1 Å². The number of urea groups is 1. The first-order valence-electron chi connectivity index (χ1n) is 8.92. The predicted octanol–water partition coefficient (Wildman–Crippen LogP) is 1.96. The van der Waals surface area contributed by atoms with Crippen molar-refractivity contribution in [2.24, 2.45) is 0 Å². The summed E-state index contributed by atoms with van der Waals surface area (Å²) in [6, 6.07) is 7.66. The van der Waals surface area contributed by atoms with E-state index in [1.54, 1.807) is 0 Å². The number of nitrogens with one attached hydrogen (secondary N) is 3. The van der Waals surface area contributed by atoms with Crippen LogP contribution < -0.4 is 16.0 Å². The van der Waals surface area contributed by atoms with Gasteiger partial charge in [-0.15, -0.1) is 0 Å². The highest BCUT2D eigenvalue weighted by molar-refractivity contribution is 5.98. The van der Waals surface area contributed by atoms with Crippen molar-refractivity contribution in [1.29, 1.82) is 0 Å². The number of rotatable bonds is 5. The number of benzene rings is 1. The zero-order valence-corrected chi connectivity index (χ0v) is 14.9. The van der Waals surface area contributed by atoms with Gasteiger partial charge in [0.1, 0.15) is 11.6 Å². The minimum Gasteiger partial charge on any atom is -0.335 e. The van der Waals surface area contributed by atoms with E-state index in [2.05, 4.69) is 30.8 Å². The van der Waals surface area contributed by atoms with Crippen molar-refractivity contribution in [3.63, 3.8) is 0 Å². The number of fused-ring (bicyclic) bond motifs is 1. The Balaban J connectivity index is 1.83. The highest BCUT2D eigenvalue weighted by Gasteiger charge is 2.15. The molecule has 1 atom stereocenters. The molecule has 0 saturated carbocycles. The number of hydrogen-bond acceptors (Lipinski definition) is 5. The first kappa shape index (κ1) is 17.6. The normalized spacial score (nSPS) is 16.6. The van der Waals surface area contributed by atoms with Gasteiger partial charge in [-0.25, -0.2) is 14.8 Å². The van der Waals surface area contributed by atoms with Gasteiger partial charge in [-0.3, -0.25) is 10.2 Å². The molecule has 0 aliphatic carbocycles. The number of nitrogens with zero attached hydrogens (tertiary/aromatic N) is 3. The van der Waals surface area contributed by atoms with Crippen molar-refractivity contribution >= 4 is 22.8 Å². The largest absolute Gasteiger partial charge is 0.335 e. The monoisotopic (exact) mass is 342 g/mol.